The molecule has 1 unspecified atom stereocenters. The molecule has 0 saturated carbocycles. The summed E-state index contributed by atoms with van der Waals surface area (Å²) < 4.78 is 5.15. The SMILES string of the molecule is Cc1noc(C)c1CC(=O)NCC(C(C)C)N1CCc2ccccc2C1. The molecule has 0 saturated heterocycles. The lowest BCUT2D eigenvalue weighted by Crippen LogP contribution is -2.48. The number of rotatable bonds is 6. The Morgan fingerprint density at radius 2 is 2.00 bits per heavy atom. The number of fused-ring (bicyclic) bond motifs is 1. The van der Waals surface area contributed by atoms with Crippen LogP contribution in [0.4, 0.5) is 0 Å². The van der Waals surface area contributed by atoms with Crippen LogP contribution in [0, 0.1) is 19.8 Å². The Morgan fingerprint density at radius 1 is 1.27 bits per heavy atom. The second kappa shape index (κ2) is 8.04. The first-order valence-electron chi connectivity index (χ1n) is 9.45. The molecule has 140 valence electrons. The van der Waals surface area contributed by atoms with Gasteiger partial charge in [-0.15, -0.1) is 0 Å². The summed E-state index contributed by atoms with van der Waals surface area (Å²) in [5.41, 5.74) is 4.56. The van der Waals surface area contributed by atoms with Crippen LogP contribution in [0.3, 0.4) is 0 Å². The Labute approximate surface area is 155 Å². The summed E-state index contributed by atoms with van der Waals surface area (Å²) in [6, 6.07) is 9.00. The Hall–Kier alpha value is -2.14. The van der Waals surface area contributed by atoms with Gasteiger partial charge in [0.05, 0.1) is 12.1 Å². The number of aryl methyl sites for hydroxylation is 2. The van der Waals surface area contributed by atoms with Crippen LogP contribution in [0.1, 0.15) is 42.0 Å². The number of nitrogens with zero attached hydrogens (tertiary/aromatic N) is 2. The molecule has 1 aromatic heterocycles. The summed E-state index contributed by atoms with van der Waals surface area (Å²) in [4.78, 5) is 14.9. The van der Waals surface area contributed by atoms with Gasteiger partial charge in [0, 0.05) is 31.2 Å². The fraction of sp³-hybridized carbons (Fsp3) is 0.524. The maximum atomic E-state index is 12.4. The topological polar surface area (TPSA) is 58.4 Å². The molecule has 0 radical (unpaired) electrons. The first-order valence-corrected chi connectivity index (χ1v) is 9.45. The third-order valence-electron chi connectivity index (χ3n) is 5.43. The normalized spacial score (nSPS) is 15.7. The van der Waals surface area contributed by atoms with E-state index in [9.17, 15) is 4.79 Å². The number of hydrogen-bond donors (Lipinski definition) is 1. The lowest BCUT2D eigenvalue weighted by molar-refractivity contribution is -0.120. The Bertz CT molecular complexity index is 747. The van der Waals surface area contributed by atoms with Gasteiger partial charge in [0.25, 0.3) is 0 Å². The number of carbonyl (C=O) groups is 1. The molecule has 1 N–H and O–H groups in total. The van der Waals surface area contributed by atoms with Crippen molar-refractivity contribution < 1.29 is 9.32 Å². The standard InChI is InChI=1S/C21H29N3O2/c1-14(2)20(24-10-9-17-7-5-6-8-18(17)13-24)12-22-21(25)11-19-15(3)23-26-16(19)4/h5-8,14,20H,9-13H2,1-4H3,(H,22,25). The predicted molar refractivity (Wildman–Crippen MR) is 102 cm³/mol. The van der Waals surface area contributed by atoms with E-state index in [1.54, 1.807) is 0 Å². The molecule has 1 aliphatic rings. The largest absolute Gasteiger partial charge is 0.361 e. The van der Waals surface area contributed by atoms with Crippen LogP contribution in [0.5, 0.6) is 0 Å². The van der Waals surface area contributed by atoms with Crippen molar-refractivity contribution in [2.45, 2.75) is 53.1 Å². The van der Waals surface area contributed by atoms with Gasteiger partial charge in [0.1, 0.15) is 5.76 Å². The average molecular weight is 355 g/mol. The number of benzene rings is 1. The number of hydrogen-bond acceptors (Lipinski definition) is 4. The number of nitrogens with one attached hydrogen (secondary N) is 1. The first kappa shape index (κ1) is 18.6. The van der Waals surface area contributed by atoms with Gasteiger partial charge >= 0.3 is 0 Å². The summed E-state index contributed by atoms with van der Waals surface area (Å²) in [6.07, 6.45) is 1.40. The molecule has 1 atom stereocenters. The van der Waals surface area contributed by atoms with E-state index in [1.165, 1.54) is 11.1 Å². The van der Waals surface area contributed by atoms with Gasteiger partial charge in [-0.1, -0.05) is 43.3 Å². The predicted octanol–water partition coefficient (Wildman–Crippen LogP) is 3.03. The van der Waals surface area contributed by atoms with E-state index in [0.717, 1.165) is 36.5 Å². The van der Waals surface area contributed by atoms with Crippen molar-refractivity contribution in [3.63, 3.8) is 0 Å². The fourth-order valence-electron chi connectivity index (χ4n) is 3.78. The van der Waals surface area contributed by atoms with Crippen molar-refractivity contribution in [1.82, 2.24) is 15.4 Å². The van der Waals surface area contributed by atoms with E-state index >= 15 is 0 Å². The molecule has 2 heterocycles. The van der Waals surface area contributed by atoms with E-state index in [4.69, 9.17) is 4.52 Å². The lowest BCUT2D eigenvalue weighted by Gasteiger charge is -2.38. The zero-order valence-electron chi connectivity index (χ0n) is 16.2. The zero-order chi connectivity index (χ0) is 18.7. The molecule has 1 aliphatic heterocycles. The summed E-state index contributed by atoms with van der Waals surface area (Å²) in [7, 11) is 0. The molecule has 0 bridgehead atoms. The summed E-state index contributed by atoms with van der Waals surface area (Å²) in [5.74, 6) is 1.23. The van der Waals surface area contributed by atoms with Crippen LogP contribution in [-0.2, 0) is 24.2 Å². The number of aromatic nitrogens is 1. The second-order valence-electron chi connectivity index (χ2n) is 7.58. The van der Waals surface area contributed by atoms with Crippen LogP contribution in [0.2, 0.25) is 0 Å². The highest BCUT2D eigenvalue weighted by molar-refractivity contribution is 5.79. The van der Waals surface area contributed by atoms with Crippen molar-refractivity contribution >= 4 is 5.91 Å². The molecule has 1 aromatic carbocycles. The van der Waals surface area contributed by atoms with Gasteiger partial charge in [-0.3, -0.25) is 9.69 Å². The van der Waals surface area contributed by atoms with Crippen molar-refractivity contribution in [2.24, 2.45) is 5.92 Å². The minimum absolute atomic E-state index is 0.0301. The van der Waals surface area contributed by atoms with E-state index in [1.807, 2.05) is 13.8 Å². The highest BCUT2D eigenvalue weighted by Crippen LogP contribution is 2.23. The summed E-state index contributed by atoms with van der Waals surface area (Å²) >= 11 is 0. The fourth-order valence-corrected chi connectivity index (χ4v) is 3.78. The summed E-state index contributed by atoms with van der Waals surface area (Å²) in [6.45, 7) is 10.9. The Kier molecular flexibility index (Phi) is 5.77. The van der Waals surface area contributed by atoms with Crippen molar-refractivity contribution in [2.75, 3.05) is 13.1 Å². The Balaban J connectivity index is 1.60. The van der Waals surface area contributed by atoms with Crippen molar-refractivity contribution in [3.05, 3.63) is 52.4 Å². The van der Waals surface area contributed by atoms with E-state index in [0.29, 0.717) is 24.9 Å². The third-order valence-corrected chi connectivity index (χ3v) is 5.43. The quantitative estimate of drug-likeness (QED) is 0.865. The maximum Gasteiger partial charge on any atom is 0.224 e. The van der Waals surface area contributed by atoms with Gasteiger partial charge < -0.3 is 9.84 Å². The molecule has 2 aromatic rings. The average Bonchev–Trinajstić information content (AvgIpc) is 2.93. The maximum absolute atomic E-state index is 12.4. The molecule has 1 amide bonds. The van der Waals surface area contributed by atoms with Gasteiger partial charge in [-0.25, -0.2) is 0 Å². The van der Waals surface area contributed by atoms with Crippen LogP contribution >= 0.6 is 0 Å². The van der Waals surface area contributed by atoms with Crippen molar-refractivity contribution in [3.8, 4) is 0 Å². The van der Waals surface area contributed by atoms with Gasteiger partial charge in [-0.05, 0) is 37.3 Å². The van der Waals surface area contributed by atoms with Crippen LogP contribution < -0.4 is 5.32 Å². The third kappa shape index (κ3) is 4.15. The molecule has 5 nitrogen and oxygen atoms in total. The number of amides is 1. The van der Waals surface area contributed by atoms with Gasteiger partial charge in [-0.2, -0.15) is 0 Å². The van der Waals surface area contributed by atoms with Gasteiger partial charge in [0.2, 0.25) is 5.91 Å². The second-order valence-corrected chi connectivity index (χ2v) is 7.58. The van der Waals surface area contributed by atoms with E-state index in [2.05, 4.69) is 53.5 Å². The van der Waals surface area contributed by atoms with Crippen LogP contribution in [-0.4, -0.2) is 35.1 Å². The van der Waals surface area contributed by atoms with E-state index < -0.39 is 0 Å². The molecular formula is C21H29N3O2. The molecule has 0 fully saturated rings. The van der Waals surface area contributed by atoms with Crippen molar-refractivity contribution in [1.29, 1.82) is 0 Å². The molecular weight excluding hydrogens is 326 g/mol. The molecule has 3 rings (SSSR count). The Morgan fingerprint density at radius 3 is 2.65 bits per heavy atom. The lowest BCUT2D eigenvalue weighted by atomic mass is 9.95. The smallest absolute Gasteiger partial charge is 0.224 e. The monoisotopic (exact) mass is 355 g/mol. The van der Waals surface area contributed by atoms with Crippen LogP contribution in [0.25, 0.3) is 0 Å². The molecule has 0 spiro atoms. The summed E-state index contributed by atoms with van der Waals surface area (Å²) in [5, 5.41) is 7.05. The number of carbonyl (C=O) groups excluding carboxylic acids is 1. The zero-order valence-corrected chi connectivity index (χ0v) is 16.2. The molecule has 5 heteroatoms. The first-order chi connectivity index (χ1) is 12.5. The van der Waals surface area contributed by atoms with E-state index in [-0.39, 0.29) is 5.91 Å². The minimum Gasteiger partial charge on any atom is -0.361 e. The van der Waals surface area contributed by atoms with Crippen LogP contribution in [0.15, 0.2) is 28.8 Å². The van der Waals surface area contributed by atoms with Gasteiger partial charge in [0.15, 0.2) is 0 Å². The highest BCUT2D eigenvalue weighted by atomic mass is 16.5. The molecule has 26 heavy (non-hydrogen) atoms. The molecule has 0 aliphatic carbocycles. The minimum atomic E-state index is 0.0301. The highest BCUT2D eigenvalue weighted by Gasteiger charge is 2.26.